The van der Waals surface area contributed by atoms with Crippen LogP contribution in [0.2, 0.25) is 0 Å². The molecule has 116 valence electrons. The zero-order valence-corrected chi connectivity index (χ0v) is 12.6. The lowest BCUT2D eigenvalue weighted by Crippen LogP contribution is -2.40. The largest absolute Gasteiger partial charge is 0.481 e. The Morgan fingerprint density at radius 1 is 1.43 bits per heavy atom. The molecule has 1 aromatic rings. The smallest absolute Gasteiger partial charge is 0.317 e. The van der Waals surface area contributed by atoms with Crippen molar-refractivity contribution < 1.29 is 14.7 Å². The third kappa shape index (κ3) is 6.74. The molecule has 2 N–H and O–H groups in total. The first-order chi connectivity index (χ1) is 10.0. The molecule has 0 aliphatic rings. The lowest BCUT2D eigenvalue weighted by Gasteiger charge is -2.20. The summed E-state index contributed by atoms with van der Waals surface area (Å²) in [4.78, 5) is 28.4. The van der Waals surface area contributed by atoms with Crippen molar-refractivity contribution in [2.24, 2.45) is 5.92 Å². The molecule has 6 nitrogen and oxygen atoms in total. The molecule has 0 aliphatic carbocycles. The fourth-order valence-corrected chi connectivity index (χ4v) is 1.90. The summed E-state index contributed by atoms with van der Waals surface area (Å²) in [5.74, 6) is -0.866. The number of pyridine rings is 1. The number of carboxylic acids is 1. The van der Waals surface area contributed by atoms with Crippen molar-refractivity contribution in [2.75, 3.05) is 20.1 Å². The van der Waals surface area contributed by atoms with Crippen LogP contribution in [0.5, 0.6) is 0 Å². The molecule has 1 aromatic heterocycles. The molecule has 0 fully saturated rings. The average Bonchev–Trinajstić information content (AvgIpc) is 2.49. The standard InChI is InChI=1S/C15H23N3O3/c1-3-12(10-14(19)20)11-17-15(21)18(2)9-7-13-6-4-5-8-16-13/h4-6,8,12H,3,7,9-11H2,1-2H3,(H,17,21)(H,19,20). The number of aliphatic carboxylic acids is 1. The van der Waals surface area contributed by atoms with E-state index in [-0.39, 0.29) is 18.4 Å². The minimum absolute atomic E-state index is 0.0318. The van der Waals surface area contributed by atoms with Crippen molar-refractivity contribution >= 4 is 12.0 Å². The third-order valence-corrected chi connectivity index (χ3v) is 3.36. The van der Waals surface area contributed by atoms with Crippen LogP contribution in [0, 0.1) is 5.92 Å². The first-order valence-corrected chi connectivity index (χ1v) is 7.13. The summed E-state index contributed by atoms with van der Waals surface area (Å²) in [7, 11) is 1.72. The number of hydrogen-bond donors (Lipinski definition) is 2. The van der Waals surface area contributed by atoms with Gasteiger partial charge in [-0.2, -0.15) is 0 Å². The Balaban J connectivity index is 2.32. The molecule has 0 bridgehead atoms. The number of nitrogens with zero attached hydrogens (tertiary/aromatic N) is 2. The van der Waals surface area contributed by atoms with E-state index in [1.807, 2.05) is 25.1 Å². The number of carbonyl (C=O) groups excluding carboxylic acids is 1. The first-order valence-electron chi connectivity index (χ1n) is 7.13. The van der Waals surface area contributed by atoms with E-state index in [2.05, 4.69) is 10.3 Å². The van der Waals surface area contributed by atoms with Gasteiger partial charge in [-0.15, -0.1) is 0 Å². The van der Waals surface area contributed by atoms with Crippen LogP contribution in [0.4, 0.5) is 4.79 Å². The second-order valence-corrected chi connectivity index (χ2v) is 5.05. The fraction of sp³-hybridized carbons (Fsp3) is 0.533. The predicted molar refractivity (Wildman–Crippen MR) is 80.0 cm³/mol. The Morgan fingerprint density at radius 2 is 2.19 bits per heavy atom. The molecule has 1 atom stereocenters. The maximum Gasteiger partial charge on any atom is 0.317 e. The van der Waals surface area contributed by atoms with E-state index in [1.54, 1.807) is 18.1 Å². The predicted octanol–water partition coefficient (Wildman–Crippen LogP) is 1.77. The van der Waals surface area contributed by atoms with Gasteiger partial charge in [0.2, 0.25) is 0 Å². The van der Waals surface area contributed by atoms with E-state index in [0.717, 1.165) is 12.1 Å². The number of amides is 2. The van der Waals surface area contributed by atoms with Crippen molar-refractivity contribution in [3.8, 4) is 0 Å². The molecule has 1 heterocycles. The minimum atomic E-state index is -0.834. The highest BCUT2D eigenvalue weighted by Crippen LogP contribution is 2.06. The summed E-state index contributed by atoms with van der Waals surface area (Å²) >= 11 is 0. The number of nitrogens with one attached hydrogen (secondary N) is 1. The van der Waals surface area contributed by atoms with E-state index in [4.69, 9.17) is 5.11 Å². The summed E-state index contributed by atoms with van der Waals surface area (Å²) in [5, 5.41) is 11.5. The molecule has 2 amide bonds. The van der Waals surface area contributed by atoms with Gasteiger partial charge < -0.3 is 15.3 Å². The molecular formula is C15H23N3O3. The Labute approximate surface area is 125 Å². The third-order valence-electron chi connectivity index (χ3n) is 3.36. The van der Waals surface area contributed by atoms with Crippen molar-refractivity contribution in [2.45, 2.75) is 26.2 Å². The van der Waals surface area contributed by atoms with Crippen molar-refractivity contribution in [3.05, 3.63) is 30.1 Å². The Morgan fingerprint density at radius 3 is 2.76 bits per heavy atom. The van der Waals surface area contributed by atoms with Gasteiger partial charge in [0.25, 0.3) is 0 Å². The number of carbonyl (C=O) groups is 2. The van der Waals surface area contributed by atoms with Crippen LogP contribution >= 0.6 is 0 Å². The molecule has 0 spiro atoms. The molecule has 1 unspecified atom stereocenters. The summed E-state index contributed by atoms with van der Waals surface area (Å²) in [5.41, 5.74) is 0.939. The van der Waals surface area contributed by atoms with E-state index in [0.29, 0.717) is 19.5 Å². The molecule has 6 heteroatoms. The molecule has 0 radical (unpaired) electrons. The van der Waals surface area contributed by atoms with Gasteiger partial charge in [0.05, 0.1) is 0 Å². The lowest BCUT2D eigenvalue weighted by molar-refractivity contribution is -0.138. The summed E-state index contributed by atoms with van der Waals surface area (Å²) < 4.78 is 0. The van der Waals surface area contributed by atoms with Gasteiger partial charge in [-0.1, -0.05) is 19.4 Å². The average molecular weight is 293 g/mol. The van der Waals surface area contributed by atoms with Gasteiger partial charge in [-0.25, -0.2) is 4.79 Å². The Kier molecular flexibility index (Phi) is 7.21. The topological polar surface area (TPSA) is 82.5 Å². The first kappa shape index (κ1) is 16.9. The SMILES string of the molecule is CCC(CNC(=O)N(C)CCc1ccccn1)CC(=O)O. The van der Waals surface area contributed by atoms with Crippen molar-refractivity contribution in [1.82, 2.24) is 15.2 Å². The summed E-state index contributed by atoms with van der Waals surface area (Å²) in [6.07, 6.45) is 3.23. The minimum Gasteiger partial charge on any atom is -0.481 e. The highest BCUT2D eigenvalue weighted by Gasteiger charge is 2.14. The zero-order chi connectivity index (χ0) is 15.7. The second-order valence-electron chi connectivity index (χ2n) is 5.05. The summed E-state index contributed by atoms with van der Waals surface area (Å²) in [6, 6.07) is 5.51. The van der Waals surface area contributed by atoms with Crippen LogP contribution in [0.15, 0.2) is 24.4 Å². The number of hydrogen-bond acceptors (Lipinski definition) is 3. The van der Waals surface area contributed by atoms with Crippen LogP contribution in [0.1, 0.15) is 25.5 Å². The molecule has 1 rings (SSSR count). The van der Waals surface area contributed by atoms with Crippen LogP contribution < -0.4 is 5.32 Å². The van der Waals surface area contributed by atoms with Gasteiger partial charge in [0, 0.05) is 44.9 Å². The molecule has 0 saturated carbocycles. The van der Waals surface area contributed by atoms with E-state index in [9.17, 15) is 9.59 Å². The van der Waals surface area contributed by atoms with Gasteiger partial charge >= 0.3 is 12.0 Å². The number of carboxylic acid groups (broad SMARTS) is 1. The lowest BCUT2D eigenvalue weighted by atomic mass is 10.0. The van der Waals surface area contributed by atoms with Gasteiger partial charge in [0.1, 0.15) is 0 Å². The molecule has 0 aliphatic heterocycles. The zero-order valence-electron chi connectivity index (χ0n) is 12.6. The molecule has 21 heavy (non-hydrogen) atoms. The fourth-order valence-electron chi connectivity index (χ4n) is 1.90. The number of likely N-dealkylation sites (N-methyl/N-ethyl adjacent to an activating group) is 1. The molecular weight excluding hydrogens is 270 g/mol. The monoisotopic (exact) mass is 293 g/mol. The maximum absolute atomic E-state index is 11.9. The Bertz CT molecular complexity index is 451. The van der Waals surface area contributed by atoms with Gasteiger partial charge in [0.15, 0.2) is 0 Å². The van der Waals surface area contributed by atoms with Gasteiger partial charge in [-0.3, -0.25) is 9.78 Å². The second kappa shape index (κ2) is 8.94. The maximum atomic E-state index is 11.9. The number of aromatic nitrogens is 1. The normalized spacial score (nSPS) is 11.7. The van der Waals surface area contributed by atoms with Crippen LogP contribution in [-0.4, -0.2) is 47.1 Å². The Hall–Kier alpha value is -2.11. The quantitative estimate of drug-likeness (QED) is 0.765. The van der Waals surface area contributed by atoms with Crippen LogP contribution in [0.3, 0.4) is 0 Å². The van der Waals surface area contributed by atoms with Crippen molar-refractivity contribution in [3.63, 3.8) is 0 Å². The number of rotatable bonds is 8. The van der Waals surface area contributed by atoms with Gasteiger partial charge in [-0.05, 0) is 18.1 Å². The highest BCUT2D eigenvalue weighted by molar-refractivity contribution is 5.74. The van der Waals surface area contributed by atoms with Crippen molar-refractivity contribution in [1.29, 1.82) is 0 Å². The summed E-state index contributed by atoms with van der Waals surface area (Å²) in [6.45, 7) is 2.87. The van der Waals surface area contributed by atoms with E-state index in [1.165, 1.54) is 0 Å². The van der Waals surface area contributed by atoms with E-state index < -0.39 is 5.97 Å². The molecule has 0 saturated heterocycles. The van der Waals surface area contributed by atoms with Crippen LogP contribution in [0.25, 0.3) is 0 Å². The van der Waals surface area contributed by atoms with E-state index >= 15 is 0 Å². The number of urea groups is 1. The molecule has 0 aromatic carbocycles. The van der Waals surface area contributed by atoms with Crippen LogP contribution in [-0.2, 0) is 11.2 Å². The highest BCUT2D eigenvalue weighted by atomic mass is 16.4.